The van der Waals surface area contributed by atoms with Crippen molar-refractivity contribution >= 4 is 11.8 Å². The van der Waals surface area contributed by atoms with Gasteiger partial charge in [0.05, 0.1) is 26.7 Å². The van der Waals surface area contributed by atoms with Crippen LogP contribution in [-0.4, -0.2) is 68.6 Å². The summed E-state index contributed by atoms with van der Waals surface area (Å²) in [6.45, 7) is 2.19. The summed E-state index contributed by atoms with van der Waals surface area (Å²) in [5.74, 6) is 1.52. The van der Waals surface area contributed by atoms with Crippen LogP contribution in [0.15, 0.2) is 18.2 Å². The molecular weight excluding hydrogens is 334 g/mol. The lowest BCUT2D eigenvalue weighted by Gasteiger charge is -2.32. The third-order valence-corrected chi connectivity index (χ3v) is 5.35. The van der Waals surface area contributed by atoms with Crippen molar-refractivity contribution in [2.24, 2.45) is 5.92 Å². The van der Waals surface area contributed by atoms with Crippen molar-refractivity contribution in [3.8, 4) is 11.5 Å². The number of methoxy groups -OCH3 is 2. The third-order valence-electron chi connectivity index (χ3n) is 5.35. The van der Waals surface area contributed by atoms with Crippen LogP contribution in [0.2, 0.25) is 0 Å². The van der Waals surface area contributed by atoms with Crippen molar-refractivity contribution in [1.29, 1.82) is 0 Å². The molecular formula is C19H27N3O4. The van der Waals surface area contributed by atoms with Crippen LogP contribution >= 0.6 is 0 Å². The Morgan fingerprint density at radius 3 is 2.69 bits per heavy atom. The van der Waals surface area contributed by atoms with Crippen molar-refractivity contribution in [2.45, 2.75) is 25.4 Å². The summed E-state index contributed by atoms with van der Waals surface area (Å²) < 4.78 is 10.5. The lowest BCUT2D eigenvalue weighted by Crippen LogP contribution is -2.45. The van der Waals surface area contributed by atoms with E-state index in [9.17, 15) is 9.59 Å². The fraction of sp³-hybridized carbons (Fsp3) is 0.579. The highest BCUT2D eigenvalue weighted by Crippen LogP contribution is 2.28. The van der Waals surface area contributed by atoms with Gasteiger partial charge in [0.25, 0.3) is 0 Å². The molecule has 2 amide bonds. The summed E-state index contributed by atoms with van der Waals surface area (Å²) in [5, 5.41) is 2.95. The van der Waals surface area contributed by atoms with Gasteiger partial charge < -0.3 is 19.7 Å². The number of carbonyl (C=O) groups is 2. The minimum atomic E-state index is -0.0313. The maximum atomic E-state index is 12.4. The lowest BCUT2D eigenvalue weighted by molar-refractivity contribution is -0.138. The predicted molar refractivity (Wildman–Crippen MR) is 97.1 cm³/mol. The Balaban J connectivity index is 1.54. The van der Waals surface area contributed by atoms with E-state index in [2.05, 4.69) is 10.2 Å². The molecule has 3 fully saturated rings. The van der Waals surface area contributed by atoms with E-state index < -0.39 is 0 Å². The topological polar surface area (TPSA) is 71.1 Å². The van der Waals surface area contributed by atoms with Gasteiger partial charge in [0.1, 0.15) is 0 Å². The van der Waals surface area contributed by atoms with E-state index >= 15 is 0 Å². The van der Waals surface area contributed by atoms with Crippen LogP contribution in [-0.2, 0) is 16.1 Å². The van der Waals surface area contributed by atoms with Crippen LogP contribution in [0.1, 0.15) is 18.4 Å². The molecule has 0 radical (unpaired) electrons. The average molecular weight is 361 g/mol. The molecule has 2 atom stereocenters. The number of fused-ring (bicyclic) bond motifs is 4. The standard InChI is InChI=1S/C19H27N3O4/c1-21-15-6-5-14(19(21)24)10-22(11-15)12-18(23)20-9-13-4-7-16(25-2)17(8-13)26-3/h4,7-8,14-15H,5-6,9-12H2,1-3H3,(H,20,23)/t14-,15+/m1/s1. The zero-order valence-corrected chi connectivity index (χ0v) is 15.7. The summed E-state index contributed by atoms with van der Waals surface area (Å²) in [4.78, 5) is 28.6. The number of piperidine rings is 1. The molecule has 1 aromatic carbocycles. The van der Waals surface area contributed by atoms with Gasteiger partial charge in [0.2, 0.25) is 11.8 Å². The minimum Gasteiger partial charge on any atom is -0.493 e. The van der Waals surface area contributed by atoms with Crippen molar-refractivity contribution in [2.75, 3.05) is 40.9 Å². The first-order valence-corrected chi connectivity index (χ1v) is 8.98. The third kappa shape index (κ3) is 3.93. The normalized spacial score (nSPS) is 22.9. The summed E-state index contributed by atoms with van der Waals surface area (Å²) in [6, 6.07) is 5.81. The molecule has 0 aromatic heterocycles. The fourth-order valence-corrected chi connectivity index (χ4v) is 3.83. The number of ether oxygens (including phenoxy) is 2. The summed E-state index contributed by atoms with van der Waals surface area (Å²) in [6.07, 6.45) is 1.95. The number of rotatable bonds is 6. The second-order valence-corrected chi connectivity index (χ2v) is 7.04. The van der Waals surface area contributed by atoms with Gasteiger partial charge in [-0.1, -0.05) is 6.07 Å². The molecule has 7 heteroatoms. The lowest BCUT2D eigenvalue weighted by atomic mass is 9.95. The molecule has 4 rings (SSSR count). The number of carbonyl (C=O) groups excluding carboxylic acids is 2. The maximum Gasteiger partial charge on any atom is 0.234 e. The molecule has 3 aliphatic heterocycles. The van der Waals surface area contributed by atoms with Crippen molar-refractivity contribution in [3.63, 3.8) is 0 Å². The van der Waals surface area contributed by atoms with Gasteiger partial charge in [-0.25, -0.2) is 0 Å². The Kier molecular flexibility index (Phi) is 5.66. The fourth-order valence-electron chi connectivity index (χ4n) is 3.83. The summed E-state index contributed by atoms with van der Waals surface area (Å²) >= 11 is 0. The van der Waals surface area contributed by atoms with Crippen LogP contribution in [0.5, 0.6) is 11.5 Å². The highest BCUT2D eigenvalue weighted by Gasteiger charge is 2.38. The van der Waals surface area contributed by atoms with Crippen molar-refractivity contribution < 1.29 is 19.1 Å². The Morgan fingerprint density at radius 1 is 1.19 bits per heavy atom. The van der Waals surface area contributed by atoms with Gasteiger partial charge in [-0.05, 0) is 30.5 Å². The number of amides is 2. The Hall–Kier alpha value is -2.28. The van der Waals surface area contributed by atoms with E-state index in [-0.39, 0.29) is 23.8 Å². The van der Waals surface area contributed by atoms with E-state index in [0.29, 0.717) is 31.1 Å². The van der Waals surface area contributed by atoms with Crippen LogP contribution in [0.3, 0.4) is 0 Å². The maximum absolute atomic E-state index is 12.4. The van der Waals surface area contributed by atoms with Gasteiger partial charge in [0.15, 0.2) is 11.5 Å². The van der Waals surface area contributed by atoms with Gasteiger partial charge >= 0.3 is 0 Å². The molecule has 3 aliphatic rings. The number of nitrogens with zero attached hydrogens (tertiary/aromatic N) is 2. The Labute approximate surface area is 154 Å². The number of likely N-dealkylation sites (N-methyl/N-ethyl adjacent to an activating group) is 1. The van der Waals surface area contributed by atoms with E-state index in [4.69, 9.17) is 9.47 Å². The molecule has 1 aromatic rings. The highest BCUT2D eigenvalue weighted by atomic mass is 16.5. The molecule has 7 nitrogen and oxygen atoms in total. The molecule has 0 saturated carbocycles. The molecule has 3 heterocycles. The van der Waals surface area contributed by atoms with E-state index in [1.807, 2.05) is 30.1 Å². The van der Waals surface area contributed by atoms with E-state index in [1.165, 1.54) is 0 Å². The number of benzene rings is 1. The molecule has 0 aliphatic carbocycles. The monoisotopic (exact) mass is 361 g/mol. The van der Waals surface area contributed by atoms with Gasteiger partial charge in [-0.3, -0.25) is 14.5 Å². The summed E-state index contributed by atoms with van der Waals surface area (Å²) in [5.41, 5.74) is 0.946. The highest BCUT2D eigenvalue weighted by molar-refractivity contribution is 5.81. The van der Waals surface area contributed by atoms with Gasteiger partial charge in [-0.2, -0.15) is 0 Å². The van der Waals surface area contributed by atoms with Crippen LogP contribution in [0.4, 0.5) is 0 Å². The smallest absolute Gasteiger partial charge is 0.234 e. The molecule has 1 N–H and O–H groups in total. The first-order valence-electron chi connectivity index (χ1n) is 8.98. The molecule has 3 saturated heterocycles. The SMILES string of the molecule is COc1ccc(CNC(=O)CN2C[C@H]3CC[C@@H](C2)N(C)C3=O)cc1OC. The van der Waals surface area contributed by atoms with E-state index in [0.717, 1.165) is 24.9 Å². The van der Waals surface area contributed by atoms with Gasteiger partial charge in [-0.15, -0.1) is 0 Å². The first-order chi connectivity index (χ1) is 12.5. The zero-order valence-electron chi connectivity index (χ0n) is 15.7. The predicted octanol–water partition coefficient (Wildman–Crippen LogP) is 0.873. The van der Waals surface area contributed by atoms with Crippen molar-refractivity contribution in [1.82, 2.24) is 15.1 Å². The molecule has 26 heavy (non-hydrogen) atoms. The average Bonchev–Trinajstić information content (AvgIpc) is 2.92. The number of hydrogen-bond donors (Lipinski definition) is 1. The van der Waals surface area contributed by atoms with Crippen LogP contribution in [0.25, 0.3) is 0 Å². The number of hydrogen-bond acceptors (Lipinski definition) is 5. The molecule has 0 unspecified atom stereocenters. The van der Waals surface area contributed by atoms with Crippen LogP contribution < -0.4 is 14.8 Å². The second kappa shape index (κ2) is 7.95. The quantitative estimate of drug-likeness (QED) is 0.814. The minimum absolute atomic E-state index is 0.0254. The summed E-state index contributed by atoms with van der Waals surface area (Å²) in [7, 11) is 5.06. The largest absolute Gasteiger partial charge is 0.493 e. The van der Waals surface area contributed by atoms with Crippen LogP contribution in [0, 0.1) is 5.92 Å². The van der Waals surface area contributed by atoms with Crippen molar-refractivity contribution in [3.05, 3.63) is 23.8 Å². The Bertz CT molecular complexity index is 679. The van der Waals surface area contributed by atoms with Gasteiger partial charge in [0, 0.05) is 32.7 Å². The molecule has 2 bridgehead atoms. The van der Waals surface area contributed by atoms with E-state index in [1.54, 1.807) is 14.2 Å². The first kappa shape index (κ1) is 18.5. The molecule has 142 valence electrons. The molecule has 0 spiro atoms. The number of nitrogens with one attached hydrogen (secondary N) is 1. The Morgan fingerprint density at radius 2 is 1.96 bits per heavy atom. The second-order valence-electron chi connectivity index (χ2n) is 7.04. The zero-order chi connectivity index (χ0) is 18.7.